The van der Waals surface area contributed by atoms with Crippen LogP contribution in [0.15, 0.2) is 24.3 Å². The van der Waals surface area contributed by atoms with Gasteiger partial charge in [0.15, 0.2) is 0 Å². The van der Waals surface area contributed by atoms with E-state index in [1.54, 1.807) is 0 Å². The van der Waals surface area contributed by atoms with Crippen LogP contribution in [0.5, 0.6) is 5.75 Å². The lowest BCUT2D eigenvalue weighted by Gasteiger charge is -2.12. The number of nitrogens with zero attached hydrogens (tertiary/aromatic N) is 2. The summed E-state index contributed by atoms with van der Waals surface area (Å²) in [7, 11) is 0. The summed E-state index contributed by atoms with van der Waals surface area (Å²) in [6.45, 7) is 3.71. The molecule has 0 amide bonds. The van der Waals surface area contributed by atoms with Crippen molar-refractivity contribution in [2.45, 2.75) is 44.9 Å². The normalized spacial score (nSPS) is 17.5. The first kappa shape index (κ1) is 13.7. The monoisotopic (exact) mass is 297 g/mol. The van der Waals surface area contributed by atoms with Gasteiger partial charge in [-0.3, -0.25) is 0 Å². The minimum absolute atomic E-state index is 0.647. The number of hydrogen-bond donors (Lipinski definition) is 1. The highest BCUT2D eigenvalue weighted by molar-refractivity contribution is 5.60. The van der Waals surface area contributed by atoms with Crippen molar-refractivity contribution in [1.29, 1.82) is 0 Å². The van der Waals surface area contributed by atoms with Crippen molar-refractivity contribution in [3.63, 3.8) is 0 Å². The molecule has 1 aromatic heterocycles. The second-order valence-corrected chi connectivity index (χ2v) is 6.18. The lowest BCUT2D eigenvalue weighted by molar-refractivity contribution is 0.338. The number of para-hydroxylation sites is 2. The van der Waals surface area contributed by atoms with Gasteiger partial charge in [0.25, 0.3) is 0 Å². The molecule has 1 fully saturated rings. The van der Waals surface area contributed by atoms with Crippen molar-refractivity contribution in [1.82, 2.24) is 9.78 Å². The Hall–Kier alpha value is -1.97. The molecule has 1 aliphatic heterocycles. The summed E-state index contributed by atoms with van der Waals surface area (Å²) in [5, 5.41) is 8.53. The summed E-state index contributed by atoms with van der Waals surface area (Å²) >= 11 is 0. The van der Waals surface area contributed by atoms with Crippen molar-refractivity contribution in [2.75, 3.05) is 18.5 Å². The van der Waals surface area contributed by atoms with Gasteiger partial charge in [0.2, 0.25) is 0 Å². The number of rotatable bonds is 4. The Balaban J connectivity index is 1.81. The minimum atomic E-state index is 0.647. The molecular formula is C18H23N3O. The predicted octanol–water partition coefficient (Wildman–Crippen LogP) is 3.90. The molecule has 4 heteroatoms. The van der Waals surface area contributed by atoms with Gasteiger partial charge >= 0.3 is 0 Å². The molecular weight excluding hydrogens is 274 g/mol. The average molecular weight is 297 g/mol. The summed E-state index contributed by atoms with van der Waals surface area (Å²) in [6.07, 6.45) is 6.36. The van der Waals surface area contributed by atoms with Gasteiger partial charge in [0.05, 0.1) is 12.3 Å². The maximum Gasteiger partial charge on any atom is 0.145 e. The van der Waals surface area contributed by atoms with Crippen LogP contribution in [0, 0.1) is 0 Å². The number of benzene rings is 1. The first-order valence-electron chi connectivity index (χ1n) is 8.46. The summed E-state index contributed by atoms with van der Waals surface area (Å²) in [4.78, 5) is 0. The molecule has 1 saturated carbocycles. The lowest BCUT2D eigenvalue weighted by atomic mass is 9.99. The van der Waals surface area contributed by atoms with Gasteiger partial charge in [-0.05, 0) is 38.3 Å². The average Bonchev–Trinajstić information content (AvgIpc) is 3.25. The van der Waals surface area contributed by atoms with Crippen LogP contribution in [0.1, 0.15) is 49.8 Å². The van der Waals surface area contributed by atoms with Crippen LogP contribution in [-0.2, 0) is 6.42 Å². The van der Waals surface area contributed by atoms with E-state index in [0.29, 0.717) is 12.5 Å². The Morgan fingerprint density at radius 2 is 2.09 bits per heavy atom. The van der Waals surface area contributed by atoms with Crippen molar-refractivity contribution in [2.24, 2.45) is 0 Å². The standard InChI is InChI=1S/C18H23N3O/c1-2-22-16-10-6-5-9-15(16)21-18-14(11-12-19-18)17(20-21)13-7-3-4-8-13/h5-6,9-10,13,19H,2-4,7-8,11-12H2,1H3. The largest absolute Gasteiger partial charge is 0.492 e. The molecule has 0 spiro atoms. The van der Waals surface area contributed by atoms with Crippen LogP contribution in [-0.4, -0.2) is 22.9 Å². The number of ether oxygens (including phenoxy) is 1. The number of fused-ring (bicyclic) bond motifs is 1. The third-order valence-corrected chi connectivity index (χ3v) is 4.82. The van der Waals surface area contributed by atoms with Crippen LogP contribution in [0.4, 0.5) is 5.82 Å². The fourth-order valence-electron chi connectivity index (χ4n) is 3.81. The molecule has 2 aliphatic rings. The zero-order valence-corrected chi connectivity index (χ0v) is 13.1. The Bertz CT molecular complexity index is 671. The van der Waals surface area contributed by atoms with Gasteiger partial charge in [-0.1, -0.05) is 25.0 Å². The van der Waals surface area contributed by atoms with E-state index in [4.69, 9.17) is 9.84 Å². The molecule has 1 aliphatic carbocycles. The van der Waals surface area contributed by atoms with Crippen LogP contribution in [0.2, 0.25) is 0 Å². The first-order valence-corrected chi connectivity index (χ1v) is 8.46. The Labute approximate surface area is 131 Å². The zero-order valence-electron chi connectivity index (χ0n) is 13.1. The van der Waals surface area contributed by atoms with Gasteiger partial charge in [-0.2, -0.15) is 5.10 Å². The van der Waals surface area contributed by atoms with Gasteiger partial charge in [0.1, 0.15) is 17.3 Å². The SMILES string of the molecule is CCOc1ccccc1-n1nc(C2CCCC2)c2c1NCC2. The molecule has 0 saturated heterocycles. The molecule has 2 heterocycles. The van der Waals surface area contributed by atoms with Crippen molar-refractivity contribution in [3.8, 4) is 11.4 Å². The van der Waals surface area contributed by atoms with E-state index in [1.807, 2.05) is 19.1 Å². The first-order chi connectivity index (χ1) is 10.9. The molecule has 1 N–H and O–H groups in total. The van der Waals surface area contributed by atoms with Gasteiger partial charge in [0, 0.05) is 18.0 Å². The van der Waals surface area contributed by atoms with E-state index < -0.39 is 0 Å². The van der Waals surface area contributed by atoms with E-state index in [2.05, 4.69) is 22.1 Å². The number of aromatic nitrogens is 2. The predicted molar refractivity (Wildman–Crippen MR) is 88.1 cm³/mol. The third-order valence-electron chi connectivity index (χ3n) is 4.82. The summed E-state index contributed by atoms with van der Waals surface area (Å²) in [5.74, 6) is 2.73. The molecule has 0 radical (unpaired) electrons. The smallest absolute Gasteiger partial charge is 0.145 e. The van der Waals surface area contributed by atoms with Crippen LogP contribution in [0.25, 0.3) is 5.69 Å². The highest BCUT2D eigenvalue weighted by atomic mass is 16.5. The highest BCUT2D eigenvalue weighted by Crippen LogP contribution is 2.40. The quantitative estimate of drug-likeness (QED) is 0.930. The maximum atomic E-state index is 5.80. The molecule has 0 unspecified atom stereocenters. The van der Waals surface area contributed by atoms with E-state index in [9.17, 15) is 0 Å². The Kier molecular flexibility index (Phi) is 3.53. The third kappa shape index (κ3) is 2.18. The molecule has 22 heavy (non-hydrogen) atoms. The van der Waals surface area contributed by atoms with E-state index in [1.165, 1.54) is 42.8 Å². The van der Waals surface area contributed by atoms with Crippen LogP contribution >= 0.6 is 0 Å². The molecule has 4 rings (SSSR count). The molecule has 0 atom stereocenters. The Morgan fingerprint density at radius 3 is 2.91 bits per heavy atom. The van der Waals surface area contributed by atoms with E-state index in [-0.39, 0.29) is 0 Å². The molecule has 116 valence electrons. The summed E-state index contributed by atoms with van der Waals surface area (Å²) in [5.41, 5.74) is 3.79. The van der Waals surface area contributed by atoms with Crippen LogP contribution in [0.3, 0.4) is 0 Å². The second kappa shape index (κ2) is 5.67. The van der Waals surface area contributed by atoms with Crippen molar-refractivity contribution < 1.29 is 4.74 Å². The maximum absolute atomic E-state index is 5.80. The number of anilines is 1. The number of hydrogen-bond acceptors (Lipinski definition) is 3. The highest BCUT2D eigenvalue weighted by Gasteiger charge is 2.30. The molecule has 2 aromatic rings. The topological polar surface area (TPSA) is 39.1 Å². The zero-order chi connectivity index (χ0) is 14.9. The van der Waals surface area contributed by atoms with Crippen molar-refractivity contribution in [3.05, 3.63) is 35.5 Å². The Morgan fingerprint density at radius 1 is 1.27 bits per heavy atom. The fraction of sp³-hybridized carbons (Fsp3) is 0.500. The van der Waals surface area contributed by atoms with Gasteiger partial charge in [-0.15, -0.1) is 0 Å². The summed E-state index contributed by atoms with van der Waals surface area (Å²) < 4.78 is 7.87. The molecule has 1 aromatic carbocycles. The van der Waals surface area contributed by atoms with Gasteiger partial charge < -0.3 is 10.1 Å². The van der Waals surface area contributed by atoms with Crippen LogP contribution < -0.4 is 10.1 Å². The summed E-state index contributed by atoms with van der Waals surface area (Å²) in [6, 6.07) is 8.19. The molecule has 0 bridgehead atoms. The molecule has 4 nitrogen and oxygen atoms in total. The lowest BCUT2D eigenvalue weighted by Crippen LogP contribution is -2.07. The second-order valence-electron chi connectivity index (χ2n) is 6.18. The van der Waals surface area contributed by atoms with E-state index in [0.717, 1.165) is 24.4 Å². The van der Waals surface area contributed by atoms with E-state index >= 15 is 0 Å². The van der Waals surface area contributed by atoms with Gasteiger partial charge in [-0.25, -0.2) is 4.68 Å². The number of nitrogens with one attached hydrogen (secondary N) is 1. The fourth-order valence-corrected chi connectivity index (χ4v) is 3.81. The minimum Gasteiger partial charge on any atom is -0.492 e. The van der Waals surface area contributed by atoms with Crippen molar-refractivity contribution >= 4 is 5.82 Å².